The van der Waals surface area contributed by atoms with E-state index >= 15 is 0 Å². The molecule has 0 aliphatic heterocycles. The number of hydrogen-bond acceptors (Lipinski definition) is 2. The fourth-order valence-electron chi connectivity index (χ4n) is 1.65. The van der Waals surface area contributed by atoms with Crippen LogP contribution in [0.5, 0.6) is 5.75 Å². The molecule has 0 heterocycles. The SMILES string of the molecule is Cc1cc(Cl)ccc1OCC(=O)Nc1ccc(Br)cc1. The lowest BCUT2D eigenvalue weighted by molar-refractivity contribution is -0.118. The average molecular weight is 355 g/mol. The molecule has 0 radical (unpaired) electrons. The van der Waals surface area contributed by atoms with E-state index in [-0.39, 0.29) is 12.5 Å². The first-order valence-corrected chi connectivity index (χ1v) is 7.16. The van der Waals surface area contributed by atoms with Crippen molar-refractivity contribution in [3.8, 4) is 5.75 Å². The standard InChI is InChI=1S/C15H13BrClNO2/c1-10-8-12(17)4-7-14(10)20-9-15(19)18-13-5-2-11(16)3-6-13/h2-8H,9H2,1H3,(H,18,19). The molecule has 0 saturated carbocycles. The van der Waals surface area contributed by atoms with Gasteiger partial charge in [-0.25, -0.2) is 0 Å². The van der Waals surface area contributed by atoms with Gasteiger partial charge in [0.1, 0.15) is 5.75 Å². The molecular weight excluding hydrogens is 342 g/mol. The van der Waals surface area contributed by atoms with Gasteiger partial charge in [0, 0.05) is 15.2 Å². The van der Waals surface area contributed by atoms with Crippen LogP contribution in [0.25, 0.3) is 0 Å². The van der Waals surface area contributed by atoms with Crippen LogP contribution in [0.2, 0.25) is 5.02 Å². The van der Waals surface area contributed by atoms with Gasteiger partial charge >= 0.3 is 0 Å². The Morgan fingerprint density at radius 2 is 1.95 bits per heavy atom. The zero-order valence-corrected chi connectivity index (χ0v) is 13.2. The van der Waals surface area contributed by atoms with Crippen molar-refractivity contribution < 1.29 is 9.53 Å². The Balaban J connectivity index is 1.90. The molecule has 20 heavy (non-hydrogen) atoms. The van der Waals surface area contributed by atoms with Crippen LogP contribution in [0.15, 0.2) is 46.9 Å². The van der Waals surface area contributed by atoms with Crippen molar-refractivity contribution in [3.63, 3.8) is 0 Å². The van der Waals surface area contributed by atoms with Gasteiger partial charge in [-0.05, 0) is 55.0 Å². The van der Waals surface area contributed by atoms with Crippen LogP contribution in [-0.2, 0) is 4.79 Å². The zero-order chi connectivity index (χ0) is 14.5. The van der Waals surface area contributed by atoms with Crippen molar-refractivity contribution in [2.24, 2.45) is 0 Å². The second-order valence-corrected chi connectivity index (χ2v) is 5.61. The fourth-order valence-corrected chi connectivity index (χ4v) is 2.14. The van der Waals surface area contributed by atoms with E-state index in [0.717, 1.165) is 15.7 Å². The summed E-state index contributed by atoms with van der Waals surface area (Å²) in [6, 6.07) is 12.6. The lowest BCUT2D eigenvalue weighted by Gasteiger charge is -2.10. The number of carbonyl (C=O) groups is 1. The molecule has 0 bridgehead atoms. The molecule has 104 valence electrons. The molecular formula is C15H13BrClNO2. The fraction of sp³-hybridized carbons (Fsp3) is 0.133. The molecule has 0 saturated heterocycles. The highest BCUT2D eigenvalue weighted by Crippen LogP contribution is 2.21. The second kappa shape index (κ2) is 6.77. The van der Waals surface area contributed by atoms with Crippen molar-refractivity contribution in [1.29, 1.82) is 0 Å². The lowest BCUT2D eigenvalue weighted by Crippen LogP contribution is -2.20. The highest BCUT2D eigenvalue weighted by molar-refractivity contribution is 9.10. The van der Waals surface area contributed by atoms with Crippen molar-refractivity contribution in [3.05, 3.63) is 57.5 Å². The van der Waals surface area contributed by atoms with Crippen molar-refractivity contribution in [2.45, 2.75) is 6.92 Å². The van der Waals surface area contributed by atoms with Crippen molar-refractivity contribution >= 4 is 39.1 Å². The Morgan fingerprint density at radius 1 is 1.25 bits per heavy atom. The minimum absolute atomic E-state index is 0.0431. The normalized spacial score (nSPS) is 10.2. The van der Waals surface area contributed by atoms with Gasteiger partial charge in [0.05, 0.1) is 0 Å². The van der Waals surface area contributed by atoms with Crippen LogP contribution in [0, 0.1) is 6.92 Å². The summed E-state index contributed by atoms with van der Waals surface area (Å²) in [5.41, 5.74) is 1.63. The summed E-state index contributed by atoms with van der Waals surface area (Å²) in [6.07, 6.45) is 0. The number of amides is 1. The molecule has 2 aromatic rings. The molecule has 0 atom stereocenters. The van der Waals surface area contributed by atoms with E-state index in [0.29, 0.717) is 10.8 Å². The lowest BCUT2D eigenvalue weighted by atomic mass is 10.2. The summed E-state index contributed by atoms with van der Waals surface area (Å²) < 4.78 is 6.43. The summed E-state index contributed by atoms with van der Waals surface area (Å²) in [4.78, 5) is 11.8. The first-order chi connectivity index (χ1) is 9.54. The van der Waals surface area contributed by atoms with Crippen molar-refractivity contribution in [1.82, 2.24) is 0 Å². The number of hydrogen-bond donors (Lipinski definition) is 1. The summed E-state index contributed by atoms with van der Waals surface area (Å²) in [5, 5.41) is 3.41. The summed E-state index contributed by atoms with van der Waals surface area (Å²) in [5.74, 6) is 0.446. The molecule has 0 unspecified atom stereocenters. The third-order valence-corrected chi connectivity index (χ3v) is 3.39. The van der Waals surface area contributed by atoms with Crippen LogP contribution < -0.4 is 10.1 Å². The average Bonchev–Trinajstić information content (AvgIpc) is 2.40. The number of halogens is 2. The Morgan fingerprint density at radius 3 is 2.60 bits per heavy atom. The van der Waals surface area contributed by atoms with Crippen LogP contribution in [-0.4, -0.2) is 12.5 Å². The molecule has 0 aliphatic carbocycles. The summed E-state index contributed by atoms with van der Waals surface area (Å²) in [6.45, 7) is 1.84. The summed E-state index contributed by atoms with van der Waals surface area (Å²) >= 11 is 9.20. The van der Waals surface area contributed by atoms with Gasteiger partial charge < -0.3 is 10.1 Å². The third kappa shape index (κ3) is 4.25. The Bertz CT molecular complexity index is 614. The number of carbonyl (C=O) groups excluding carboxylic acids is 1. The zero-order valence-electron chi connectivity index (χ0n) is 10.8. The van der Waals surface area contributed by atoms with Gasteiger partial charge in [0.2, 0.25) is 0 Å². The van der Waals surface area contributed by atoms with E-state index < -0.39 is 0 Å². The minimum atomic E-state index is -0.207. The Kier molecular flexibility index (Phi) is 5.04. The molecule has 3 nitrogen and oxygen atoms in total. The molecule has 5 heteroatoms. The van der Waals surface area contributed by atoms with Crippen LogP contribution in [0.4, 0.5) is 5.69 Å². The van der Waals surface area contributed by atoms with Crippen LogP contribution >= 0.6 is 27.5 Å². The molecule has 1 N–H and O–H groups in total. The first kappa shape index (κ1) is 14.9. The van der Waals surface area contributed by atoms with Gasteiger partial charge in [-0.2, -0.15) is 0 Å². The quantitative estimate of drug-likeness (QED) is 0.882. The van der Waals surface area contributed by atoms with E-state index in [4.69, 9.17) is 16.3 Å². The molecule has 2 aromatic carbocycles. The van der Waals surface area contributed by atoms with E-state index in [2.05, 4.69) is 21.2 Å². The first-order valence-electron chi connectivity index (χ1n) is 5.99. The maximum atomic E-state index is 11.8. The van der Waals surface area contributed by atoms with Gasteiger partial charge in [-0.1, -0.05) is 27.5 Å². The van der Waals surface area contributed by atoms with E-state index in [1.54, 1.807) is 18.2 Å². The number of aryl methyl sites for hydroxylation is 1. The van der Waals surface area contributed by atoms with Gasteiger partial charge in [-0.15, -0.1) is 0 Å². The van der Waals surface area contributed by atoms with Gasteiger partial charge in [-0.3, -0.25) is 4.79 Å². The Labute approximate surface area is 131 Å². The molecule has 1 amide bonds. The predicted octanol–water partition coefficient (Wildman–Crippen LogP) is 4.43. The second-order valence-electron chi connectivity index (χ2n) is 4.25. The molecule has 2 rings (SSSR count). The van der Waals surface area contributed by atoms with Crippen molar-refractivity contribution in [2.75, 3.05) is 11.9 Å². The number of nitrogens with one attached hydrogen (secondary N) is 1. The largest absolute Gasteiger partial charge is 0.483 e. The van der Waals surface area contributed by atoms with Gasteiger partial charge in [0.15, 0.2) is 6.61 Å². The number of ether oxygens (including phenoxy) is 1. The van der Waals surface area contributed by atoms with Gasteiger partial charge in [0.25, 0.3) is 5.91 Å². The topological polar surface area (TPSA) is 38.3 Å². The number of benzene rings is 2. The van der Waals surface area contributed by atoms with E-state index in [9.17, 15) is 4.79 Å². The molecule has 0 aromatic heterocycles. The van der Waals surface area contributed by atoms with Crippen LogP contribution in [0.1, 0.15) is 5.56 Å². The molecule has 0 spiro atoms. The van der Waals surface area contributed by atoms with E-state index in [1.807, 2.05) is 31.2 Å². The van der Waals surface area contributed by atoms with E-state index in [1.165, 1.54) is 0 Å². The number of anilines is 1. The highest BCUT2D eigenvalue weighted by Gasteiger charge is 2.06. The maximum absolute atomic E-state index is 11.8. The highest BCUT2D eigenvalue weighted by atomic mass is 79.9. The number of rotatable bonds is 4. The molecule has 0 fully saturated rings. The predicted molar refractivity (Wildman–Crippen MR) is 84.5 cm³/mol. The molecule has 0 aliphatic rings. The summed E-state index contributed by atoms with van der Waals surface area (Å²) in [7, 11) is 0. The Hall–Kier alpha value is -1.52. The minimum Gasteiger partial charge on any atom is -0.483 e. The maximum Gasteiger partial charge on any atom is 0.262 e. The monoisotopic (exact) mass is 353 g/mol. The van der Waals surface area contributed by atoms with Crippen LogP contribution in [0.3, 0.4) is 0 Å². The smallest absolute Gasteiger partial charge is 0.262 e. The third-order valence-electron chi connectivity index (χ3n) is 2.62.